The molecule has 0 spiro atoms. The van der Waals surface area contributed by atoms with Crippen LogP contribution < -0.4 is 5.32 Å². The van der Waals surface area contributed by atoms with E-state index in [1.807, 2.05) is 13.8 Å². The Morgan fingerprint density at radius 2 is 1.94 bits per heavy atom. The first-order valence-corrected chi connectivity index (χ1v) is 6.54. The van der Waals surface area contributed by atoms with Gasteiger partial charge in [0.2, 0.25) is 5.91 Å². The fourth-order valence-electron chi connectivity index (χ4n) is 2.46. The van der Waals surface area contributed by atoms with Gasteiger partial charge in [-0.05, 0) is 19.3 Å². The zero-order valence-electron chi connectivity index (χ0n) is 10.5. The first-order valence-electron chi connectivity index (χ1n) is 6.54. The van der Waals surface area contributed by atoms with Crippen LogP contribution in [0, 0.1) is 11.8 Å². The van der Waals surface area contributed by atoms with Crippen LogP contribution in [0.1, 0.15) is 52.4 Å². The number of carbonyl (C=O) groups is 1. The van der Waals surface area contributed by atoms with E-state index in [-0.39, 0.29) is 24.5 Å². The zero-order valence-corrected chi connectivity index (χ0v) is 10.5. The molecule has 0 aliphatic heterocycles. The maximum Gasteiger partial charge on any atom is 0.223 e. The Hall–Kier alpha value is -0.570. The van der Waals surface area contributed by atoms with Gasteiger partial charge in [0.05, 0.1) is 6.61 Å². The molecule has 2 N–H and O–H groups in total. The van der Waals surface area contributed by atoms with Crippen molar-refractivity contribution in [1.82, 2.24) is 5.32 Å². The van der Waals surface area contributed by atoms with E-state index >= 15 is 0 Å². The number of amides is 1. The maximum absolute atomic E-state index is 11.8. The van der Waals surface area contributed by atoms with Crippen LogP contribution >= 0.6 is 0 Å². The predicted molar refractivity (Wildman–Crippen MR) is 65.0 cm³/mol. The lowest BCUT2D eigenvalue weighted by atomic mass is 9.83. The highest BCUT2D eigenvalue weighted by molar-refractivity contribution is 5.78. The Morgan fingerprint density at radius 1 is 1.31 bits per heavy atom. The summed E-state index contributed by atoms with van der Waals surface area (Å²) in [4.78, 5) is 11.8. The van der Waals surface area contributed by atoms with E-state index in [1.54, 1.807) is 0 Å². The van der Waals surface area contributed by atoms with Crippen LogP contribution in [0.3, 0.4) is 0 Å². The van der Waals surface area contributed by atoms with Crippen molar-refractivity contribution in [3.63, 3.8) is 0 Å². The predicted octanol–water partition coefficient (Wildman–Crippen LogP) is 2.09. The van der Waals surface area contributed by atoms with Crippen LogP contribution in [0.5, 0.6) is 0 Å². The molecular weight excluding hydrogens is 202 g/mol. The Kier molecular flexibility index (Phi) is 5.81. The van der Waals surface area contributed by atoms with Crippen molar-refractivity contribution in [2.45, 2.75) is 58.4 Å². The van der Waals surface area contributed by atoms with E-state index in [9.17, 15) is 4.79 Å². The van der Waals surface area contributed by atoms with E-state index in [4.69, 9.17) is 5.11 Å². The smallest absolute Gasteiger partial charge is 0.223 e. The molecule has 0 bridgehead atoms. The van der Waals surface area contributed by atoms with Crippen molar-refractivity contribution >= 4 is 5.91 Å². The topological polar surface area (TPSA) is 49.3 Å². The Bertz CT molecular complexity index is 212. The normalized spacial score (nSPS) is 21.4. The minimum Gasteiger partial charge on any atom is -0.394 e. The molecule has 0 aromatic carbocycles. The van der Waals surface area contributed by atoms with Crippen molar-refractivity contribution < 1.29 is 9.90 Å². The largest absolute Gasteiger partial charge is 0.394 e. The standard InChI is InChI=1S/C13H25NO2/c1-10(13(16)14-11(2)9-15)8-12-6-4-3-5-7-12/h10-12,15H,3-9H2,1-2H3,(H,14,16). The molecule has 0 aromatic heterocycles. The van der Waals surface area contributed by atoms with Crippen molar-refractivity contribution in [1.29, 1.82) is 0 Å². The van der Waals surface area contributed by atoms with Crippen molar-refractivity contribution in [3.05, 3.63) is 0 Å². The minimum atomic E-state index is -0.124. The molecule has 1 rings (SSSR count). The van der Waals surface area contributed by atoms with Crippen LogP contribution in [0.15, 0.2) is 0 Å². The van der Waals surface area contributed by atoms with Crippen molar-refractivity contribution in [3.8, 4) is 0 Å². The summed E-state index contributed by atoms with van der Waals surface area (Å²) in [5.41, 5.74) is 0. The highest BCUT2D eigenvalue weighted by Crippen LogP contribution is 2.28. The molecule has 3 nitrogen and oxygen atoms in total. The highest BCUT2D eigenvalue weighted by Gasteiger charge is 2.21. The van der Waals surface area contributed by atoms with Crippen LogP contribution in [-0.4, -0.2) is 23.7 Å². The molecule has 1 fully saturated rings. The third kappa shape index (κ3) is 4.52. The van der Waals surface area contributed by atoms with Crippen LogP contribution in [0.4, 0.5) is 0 Å². The Morgan fingerprint density at radius 3 is 2.50 bits per heavy atom. The van der Waals surface area contributed by atoms with Gasteiger partial charge in [-0.25, -0.2) is 0 Å². The monoisotopic (exact) mass is 227 g/mol. The molecule has 0 saturated heterocycles. The lowest BCUT2D eigenvalue weighted by molar-refractivity contribution is -0.126. The fraction of sp³-hybridized carbons (Fsp3) is 0.923. The van der Waals surface area contributed by atoms with Gasteiger partial charge >= 0.3 is 0 Å². The van der Waals surface area contributed by atoms with Crippen LogP contribution in [-0.2, 0) is 4.79 Å². The van der Waals surface area contributed by atoms with Gasteiger partial charge in [0.1, 0.15) is 0 Å². The van der Waals surface area contributed by atoms with Crippen LogP contribution in [0.25, 0.3) is 0 Å². The number of aliphatic hydroxyl groups is 1. The summed E-state index contributed by atoms with van der Waals surface area (Å²) in [5.74, 6) is 0.906. The number of aliphatic hydroxyl groups excluding tert-OH is 1. The summed E-state index contributed by atoms with van der Waals surface area (Å²) in [6.45, 7) is 3.83. The molecule has 94 valence electrons. The van der Waals surface area contributed by atoms with Crippen molar-refractivity contribution in [2.75, 3.05) is 6.61 Å². The van der Waals surface area contributed by atoms with Gasteiger partial charge in [0, 0.05) is 12.0 Å². The second-order valence-corrected chi connectivity index (χ2v) is 5.23. The summed E-state index contributed by atoms with van der Waals surface area (Å²) in [6, 6.07) is -0.124. The molecule has 3 heteroatoms. The van der Waals surface area contributed by atoms with Gasteiger partial charge in [-0.2, -0.15) is 0 Å². The molecule has 0 heterocycles. The van der Waals surface area contributed by atoms with E-state index in [0.29, 0.717) is 0 Å². The van der Waals surface area contributed by atoms with Gasteiger partial charge in [-0.1, -0.05) is 39.0 Å². The summed E-state index contributed by atoms with van der Waals surface area (Å²) >= 11 is 0. The number of hydrogen-bond donors (Lipinski definition) is 2. The quantitative estimate of drug-likeness (QED) is 0.755. The average Bonchev–Trinajstić information content (AvgIpc) is 2.30. The maximum atomic E-state index is 11.8. The molecule has 16 heavy (non-hydrogen) atoms. The molecule has 2 unspecified atom stereocenters. The molecule has 1 saturated carbocycles. The molecule has 1 amide bonds. The third-order valence-electron chi connectivity index (χ3n) is 3.52. The molecule has 0 radical (unpaired) electrons. The van der Waals surface area contributed by atoms with Gasteiger partial charge < -0.3 is 10.4 Å². The molecule has 0 aromatic rings. The summed E-state index contributed by atoms with van der Waals surface area (Å²) in [6.07, 6.45) is 7.58. The van der Waals surface area contributed by atoms with Gasteiger partial charge in [0.25, 0.3) is 0 Å². The molecule has 1 aliphatic carbocycles. The van der Waals surface area contributed by atoms with Crippen LogP contribution in [0.2, 0.25) is 0 Å². The third-order valence-corrected chi connectivity index (χ3v) is 3.52. The lowest BCUT2D eigenvalue weighted by Crippen LogP contribution is -2.38. The first-order chi connectivity index (χ1) is 7.63. The summed E-state index contributed by atoms with van der Waals surface area (Å²) in [5, 5.41) is 11.7. The molecule has 2 atom stereocenters. The number of rotatable bonds is 5. The molecule has 1 aliphatic rings. The Balaban J connectivity index is 2.27. The zero-order chi connectivity index (χ0) is 12.0. The summed E-state index contributed by atoms with van der Waals surface area (Å²) in [7, 11) is 0. The minimum absolute atomic E-state index is 0.0158. The van der Waals surface area contributed by atoms with Gasteiger partial charge in [0.15, 0.2) is 0 Å². The van der Waals surface area contributed by atoms with Gasteiger partial charge in [-0.15, -0.1) is 0 Å². The SMILES string of the molecule is CC(CO)NC(=O)C(C)CC1CCCCC1. The first kappa shape index (κ1) is 13.5. The lowest BCUT2D eigenvalue weighted by Gasteiger charge is -2.24. The second kappa shape index (κ2) is 6.89. The second-order valence-electron chi connectivity index (χ2n) is 5.23. The fourth-order valence-corrected chi connectivity index (χ4v) is 2.46. The number of nitrogens with one attached hydrogen (secondary N) is 1. The number of carbonyl (C=O) groups excluding carboxylic acids is 1. The van der Waals surface area contributed by atoms with E-state index in [0.717, 1.165) is 12.3 Å². The number of hydrogen-bond acceptors (Lipinski definition) is 2. The van der Waals surface area contributed by atoms with E-state index in [2.05, 4.69) is 5.32 Å². The van der Waals surface area contributed by atoms with E-state index < -0.39 is 0 Å². The summed E-state index contributed by atoms with van der Waals surface area (Å²) < 4.78 is 0. The highest BCUT2D eigenvalue weighted by atomic mass is 16.3. The van der Waals surface area contributed by atoms with Crippen molar-refractivity contribution in [2.24, 2.45) is 11.8 Å². The van der Waals surface area contributed by atoms with E-state index in [1.165, 1.54) is 32.1 Å². The van der Waals surface area contributed by atoms with Gasteiger partial charge in [-0.3, -0.25) is 4.79 Å². The molecular formula is C13H25NO2. The average molecular weight is 227 g/mol. The Labute approximate surface area is 98.6 Å².